The van der Waals surface area contributed by atoms with Crippen LogP contribution in [-0.2, 0) is 10.8 Å². The van der Waals surface area contributed by atoms with Crippen LogP contribution in [0, 0.1) is 0 Å². The van der Waals surface area contributed by atoms with Gasteiger partial charge in [0.2, 0.25) is 0 Å². The lowest BCUT2D eigenvalue weighted by Crippen LogP contribution is -2.37. The molecule has 1 spiro atoms. The maximum atomic E-state index is 5.26. The van der Waals surface area contributed by atoms with Crippen LogP contribution in [0.4, 0.5) is 0 Å². The molecule has 10 rings (SSSR count). The van der Waals surface area contributed by atoms with E-state index in [0.29, 0.717) is 17.5 Å². The zero-order valence-corrected chi connectivity index (χ0v) is 35.7. The molecular formula is C53H45N3SSi. The van der Waals surface area contributed by atoms with E-state index in [9.17, 15) is 0 Å². The van der Waals surface area contributed by atoms with Crippen molar-refractivity contribution >= 4 is 25.0 Å². The number of hydrogen-bond donors (Lipinski definition) is 0. The van der Waals surface area contributed by atoms with Crippen molar-refractivity contribution in [3.63, 3.8) is 0 Å². The van der Waals surface area contributed by atoms with Crippen LogP contribution in [0.25, 0.3) is 56.4 Å². The van der Waals surface area contributed by atoms with Gasteiger partial charge in [-0.3, -0.25) is 0 Å². The second-order valence-electron chi connectivity index (χ2n) is 17.7. The molecule has 2 aliphatic rings. The maximum absolute atomic E-state index is 5.26. The first-order chi connectivity index (χ1) is 28.0. The molecule has 0 N–H and O–H groups in total. The average Bonchev–Trinajstić information content (AvgIpc) is 3.52. The van der Waals surface area contributed by atoms with Gasteiger partial charge in [0.25, 0.3) is 0 Å². The Morgan fingerprint density at radius 1 is 0.431 bits per heavy atom. The number of benzene rings is 7. The largest absolute Gasteiger partial charge is 0.208 e. The van der Waals surface area contributed by atoms with Crippen molar-refractivity contribution in [1.82, 2.24) is 15.0 Å². The Morgan fingerprint density at radius 3 is 1.50 bits per heavy atom. The summed E-state index contributed by atoms with van der Waals surface area (Å²) in [6.07, 6.45) is 0. The zero-order valence-electron chi connectivity index (χ0n) is 33.8. The Balaban J connectivity index is 1.22. The molecule has 0 fully saturated rings. The summed E-state index contributed by atoms with van der Waals surface area (Å²) < 4.78 is 0. The summed E-state index contributed by atoms with van der Waals surface area (Å²) in [7, 11) is -1.58. The lowest BCUT2D eigenvalue weighted by molar-refractivity contribution is 0.590. The topological polar surface area (TPSA) is 38.7 Å². The Labute approximate surface area is 347 Å². The molecule has 282 valence electrons. The lowest BCUT2D eigenvalue weighted by atomic mass is 9.67. The van der Waals surface area contributed by atoms with E-state index in [4.69, 9.17) is 15.0 Å². The van der Waals surface area contributed by atoms with Gasteiger partial charge in [-0.05, 0) is 79.8 Å². The molecule has 7 aromatic carbocycles. The fraction of sp³-hybridized carbons (Fsp3) is 0.151. The molecule has 0 radical (unpaired) electrons. The number of aromatic nitrogens is 3. The van der Waals surface area contributed by atoms with Crippen molar-refractivity contribution in [2.24, 2.45) is 0 Å². The summed E-state index contributed by atoms with van der Waals surface area (Å²) in [5.74, 6) is 2.03. The highest BCUT2D eigenvalue weighted by atomic mass is 32.2. The Morgan fingerprint density at radius 2 is 0.914 bits per heavy atom. The fourth-order valence-corrected chi connectivity index (χ4v) is 11.2. The number of rotatable bonds is 5. The Bertz CT molecular complexity index is 2840. The van der Waals surface area contributed by atoms with E-state index in [1.54, 1.807) is 0 Å². The van der Waals surface area contributed by atoms with Gasteiger partial charge in [-0.1, -0.05) is 197 Å². The standard InChI is InChI=1S/C53H45N3SSi/c1-52(2,3)39-27-23-34(24-28-39)36-25-29-43-41(32-36)42-33-38(26-30-44(42)53(43)45-19-10-12-21-47(45)57-48-22-13-11-20-46(48)53)51-55-49(35-15-8-7-9-16-35)54-50(56-51)37-17-14-18-40(31-37)58(4,5)6/h7-33H,1-6H3. The molecule has 0 bridgehead atoms. The van der Waals surface area contributed by atoms with E-state index in [1.807, 2.05) is 30.0 Å². The van der Waals surface area contributed by atoms with Gasteiger partial charge in [0.1, 0.15) is 0 Å². The molecule has 5 heteroatoms. The second-order valence-corrected chi connectivity index (χ2v) is 23.9. The third-order valence-corrected chi connectivity index (χ3v) is 15.1. The molecule has 3 nitrogen and oxygen atoms in total. The van der Waals surface area contributed by atoms with E-state index in [2.05, 4.69) is 186 Å². The fourth-order valence-electron chi connectivity index (χ4n) is 8.86. The van der Waals surface area contributed by atoms with Gasteiger partial charge >= 0.3 is 0 Å². The minimum absolute atomic E-state index is 0.0877. The van der Waals surface area contributed by atoms with Crippen molar-refractivity contribution in [3.8, 4) is 56.4 Å². The molecule has 0 unspecified atom stereocenters. The van der Waals surface area contributed by atoms with E-state index < -0.39 is 13.5 Å². The zero-order chi connectivity index (χ0) is 39.8. The van der Waals surface area contributed by atoms with Crippen molar-refractivity contribution < 1.29 is 0 Å². The van der Waals surface area contributed by atoms with Gasteiger partial charge < -0.3 is 0 Å². The monoisotopic (exact) mass is 783 g/mol. The highest BCUT2D eigenvalue weighted by Crippen LogP contribution is 2.62. The van der Waals surface area contributed by atoms with E-state index >= 15 is 0 Å². The highest BCUT2D eigenvalue weighted by Gasteiger charge is 2.50. The summed E-state index contributed by atoms with van der Waals surface area (Å²) in [6, 6.07) is 60.2. The number of fused-ring (bicyclic) bond motifs is 9. The molecule has 0 saturated carbocycles. The molecular weight excluding hydrogens is 739 g/mol. The van der Waals surface area contributed by atoms with Crippen molar-refractivity contribution in [1.29, 1.82) is 0 Å². The van der Waals surface area contributed by atoms with Gasteiger partial charge in [-0.25, -0.2) is 15.0 Å². The van der Waals surface area contributed by atoms with Crippen LogP contribution < -0.4 is 5.19 Å². The van der Waals surface area contributed by atoms with Crippen LogP contribution in [0.2, 0.25) is 19.6 Å². The Kier molecular flexibility index (Phi) is 8.56. The van der Waals surface area contributed by atoms with Gasteiger partial charge in [-0.2, -0.15) is 0 Å². The van der Waals surface area contributed by atoms with Gasteiger partial charge in [0.05, 0.1) is 13.5 Å². The van der Waals surface area contributed by atoms with Crippen molar-refractivity contribution in [3.05, 3.63) is 192 Å². The molecule has 1 aromatic heterocycles. The van der Waals surface area contributed by atoms with Crippen LogP contribution in [-0.4, -0.2) is 23.0 Å². The first-order valence-electron chi connectivity index (χ1n) is 20.2. The molecule has 2 heterocycles. The smallest absolute Gasteiger partial charge is 0.164 e. The van der Waals surface area contributed by atoms with Gasteiger partial charge in [0.15, 0.2) is 17.5 Å². The molecule has 1 aliphatic heterocycles. The first-order valence-corrected chi connectivity index (χ1v) is 24.5. The third-order valence-electron chi connectivity index (χ3n) is 11.9. The summed E-state index contributed by atoms with van der Waals surface area (Å²) in [5, 5.41) is 1.38. The molecule has 0 amide bonds. The molecule has 1 aliphatic carbocycles. The maximum Gasteiger partial charge on any atom is 0.164 e. The minimum Gasteiger partial charge on any atom is -0.208 e. The SMILES string of the molecule is CC(C)(C)c1ccc(-c2ccc3c(c2)-c2cc(-c4nc(-c5ccccc5)nc(-c5cccc([Si](C)(C)C)c5)n4)ccc2C32c3ccccc3Sc3ccccc32)cc1. The quantitative estimate of drug-likeness (QED) is 0.163. The summed E-state index contributed by atoms with van der Waals surface area (Å²) in [6.45, 7) is 13.9. The van der Waals surface area contributed by atoms with Crippen molar-refractivity contribution in [2.45, 2.75) is 61.0 Å². The van der Waals surface area contributed by atoms with Crippen LogP contribution in [0.5, 0.6) is 0 Å². The van der Waals surface area contributed by atoms with Crippen LogP contribution in [0.3, 0.4) is 0 Å². The van der Waals surface area contributed by atoms with E-state index in [-0.39, 0.29) is 5.41 Å². The van der Waals surface area contributed by atoms with Crippen molar-refractivity contribution in [2.75, 3.05) is 0 Å². The van der Waals surface area contributed by atoms with Gasteiger partial charge in [0, 0.05) is 26.5 Å². The second kappa shape index (κ2) is 13.6. The van der Waals surface area contributed by atoms with E-state index in [1.165, 1.54) is 65.0 Å². The summed E-state index contributed by atoms with van der Waals surface area (Å²) in [4.78, 5) is 18.2. The lowest BCUT2D eigenvalue weighted by Gasteiger charge is -2.39. The minimum atomic E-state index is -1.58. The van der Waals surface area contributed by atoms with Crippen LogP contribution >= 0.6 is 11.8 Å². The summed E-state index contributed by atoms with van der Waals surface area (Å²) in [5.41, 5.74) is 14.0. The predicted molar refractivity (Wildman–Crippen MR) is 245 cm³/mol. The summed E-state index contributed by atoms with van der Waals surface area (Å²) >= 11 is 1.87. The van der Waals surface area contributed by atoms with Crippen LogP contribution in [0.15, 0.2) is 174 Å². The van der Waals surface area contributed by atoms with Gasteiger partial charge in [-0.15, -0.1) is 0 Å². The first kappa shape index (κ1) is 36.5. The molecule has 8 aromatic rings. The molecule has 58 heavy (non-hydrogen) atoms. The van der Waals surface area contributed by atoms with E-state index in [0.717, 1.165) is 16.7 Å². The molecule has 0 saturated heterocycles. The normalized spacial score (nSPS) is 13.8. The average molecular weight is 784 g/mol. The number of nitrogens with zero attached hydrogens (tertiary/aromatic N) is 3. The molecule has 0 atom stereocenters. The Hall–Kier alpha value is -5.88. The van der Waals surface area contributed by atoms with Crippen LogP contribution in [0.1, 0.15) is 48.6 Å². The number of hydrogen-bond acceptors (Lipinski definition) is 4. The predicted octanol–water partition coefficient (Wildman–Crippen LogP) is 13.2. The highest BCUT2D eigenvalue weighted by molar-refractivity contribution is 7.99. The third kappa shape index (κ3) is 5.99.